The molecule has 3 aromatic rings. The van der Waals surface area contributed by atoms with Crippen LogP contribution in [0.4, 0.5) is 0 Å². The molecule has 1 aliphatic heterocycles. The molecule has 3 aromatic carbocycles. The van der Waals surface area contributed by atoms with Crippen molar-refractivity contribution in [1.82, 2.24) is 0 Å². The lowest BCUT2D eigenvalue weighted by Crippen LogP contribution is -2.19. The van der Waals surface area contributed by atoms with E-state index in [0.717, 1.165) is 6.42 Å². The molecule has 22 heavy (non-hydrogen) atoms. The molecule has 2 unspecified atom stereocenters. The van der Waals surface area contributed by atoms with E-state index in [2.05, 4.69) is 84.9 Å². The largest absolute Gasteiger partial charge is 0.347 e. The SMILES string of the molecule is c1ccc(C23Cc4ccccc4C2(c2ccccc2)O3)cc1. The molecule has 1 fully saturated rings. The van der Waals surface area contributed by atoms with Crippen LogP contribution >= 0.6 is 0 Å². The van der Waals surface area contributed by atoms with Gasteiger partial charge in [-0.1, -0.05) is 84.9 Å². The van der Waals surface area contributed by atoms with Crippen molar-refractivity contribution in [3.8, 4) is 0 Å². The molecule has 2 atom stereocenters. The number of rotatable bonds is 2. The van der Waals surface area contributed by atoms with E-state index in [0.29, 0.717) is 0 Å². The first-order valence-corrected chi connectivity index (χ1v) is 7.76. The second-order valence-corrected chi connectivity index (χ2v) is 6.18. The van der Waals surface area contributed by atoms with E-state index in [1.807, 2.05) is 0 Å². The molecule has 0 N–H and O–H groups in total. The molecule has 0 aromatic heterocycles. The van der Waals surface area contributed by atoms with Crippen LogP contribution in [0, 0.1) is 0 Å². The smallest absolute Gasteiger partial charge is 0.153 e. The van der Waals surface area contributed by atoms with Crippen molar-refractivity contribution in [2.24, 2.45) is 0 Å². The van der Waals surface area contributed by atoms with Gasteiger partial charge in [-0.2, -0.15) is 0 Å². The van der Waals surface area contributed by atoms with Gasteiger partial charge >= 0.3 is 0 Å². The zero-order chi connectivity index (χ0) is 14.6. The highest BCUT2D eigenvalue weighted by Gasteiger charge is 2.76. The number of fused-ring (bicyclic) bond motifs is 3. The minimum Gasteiger partial charge on any atom is -0.347 e. The highest BCUT2D eigenvalue weighted by Crippen LogP contribution is 2.71. The van der Waals surface area contributed by atoms with Crippen LogP contribution in [-0.4, -0.2) is 0 Å². The average Bonchev–Trinajstić information content (AvgIpc) is 3.20. The van der Waals surface area contributed by atoms with Crippen LogP contribution in [0.25, 0.3) is 0 Å². The zero-order valence-electron chi connectivity index (χ0n) is 12.2. The molecule has 1 nitrogen and oxygen atoms in total. The molecule has 0 bridgehead atoms. The zero-order valence-corrected chi connectivity index (χ0v) is 12.2. The van der Waals surface area contributed by atoms with Crippen LogP contribution in [0.15, 0.2) is 84.9 Å². The van der Waals surface area contributed by atoms with Crippen LogP contribution in [-0.2, 0) is 22.4 Å². The fourth-order valence-electron chi connectivity index (χ4n) is 4.15. The summed E-state index contributed by atoms with van der Waals surface area (Å²) in [7, 11) is 0. The summed E-state index contributed by atoms with van der Waals surface area (Å²) >= 11 is 0. The molecule has 1 saturated heterocycles. The van der Waals surface area contributed by atoms with E-state index in [1.54, 1.807) is 0 Å². The fraction of sp³-hybridized carbons (Fsp3) is 0.143. The molecule has 1 aliphatic carbocycles. The summed E-state index contributed by atoms with van der Waals surface area (Å²) in [5, 5.41) is 0. The number of epoxide rings is 1. The third-order valence-corrected chi connectivity index (χ3v) is 5.11. The Balaban J connectivity index is 1.77. The Labute approximate surface area is 130 Å². The monoisotopic (exact) mass is 284 g/mol. The fourth-order valence-corrected chi connectivity index (χ4v) is 4.15. The van der Waals surface area contributed by atoms with E-state index in [9.17, 15) is 0 Å². The summed E-state index contributed by atoms with van der Waals surface area (Å²) in [5.41, 5.74) is 4.70. The van der Waals surface area contributed by atoms with Gasteiger partial charge in [0.1, 0.15) is 5.60 Å². The van der Waals surface area contributed by atoms with Gasteiger partial charge in [0.25, 0.3) is 0 Å². The lowest BCUT2D eigenvalue weighted by Gasteiger charge is -2.14. The van der Waals surface area contributed by atoms with Gasteiger partial charge in [-0.25, -0.2) is 0 Å². The van der Waals surface area contributed by atoms with Gasteiger partial charge < -0.3 is 4.74 Å². The Morgan fingerprint density at radius 1 is 0.636 bits per heavy atom. The molecule has 106 valence electrons. The highest BCUT2D eigenvalue weighted by molar-refractivity contribution is 5.59. The molecular weight excluding hydrogens is 268 g/mol. The van der Waals surface area contributed by atoms with Crippen molar-refractivity contribution in [2.45, 2.75) is 17.6 Å². The van der Waals surface area contributed by atoms with Crippen LogP contribution in [0.3, 0.4) is 0 Å². The molecule has 1 heterocycles. The second-order valence-electron chi connectivity index (χ2n) is 6.18. The lowest BCUT2D eigenvalue weighted by atomic mass is 9.82. The van der Waals surface area contributed by atoms with Crippen molar-refractivity contribution in [2.75, 3.05) is 0 Å². The van der Waals surface area contributed by atoms with E-state index < -0.39 is 0 Å². The number of benzene rings is 3. The summed E-state index contributed by atoms with van der Waals surface area (Å²) in [6.45, 7) is 0. The van der Waals surface area contributed by atoms with Gasteiger partial charge in [-0.15, -0.1) is 0 Å². The van der Waals surface area contributed by atoms with Gasteiger partial charge in [0.2, 0.25) is 0 Å². The van der Waals surface area contributed by atoms with Crippen molar-refractivity contribution in [3.63, 3.8) is 0 Å². The molecule has 0 saturated carbocycles. The molecule has 0 amide bonds. The van der Waals surface area contributed by atoms with E-state index >= 15 is 0 Å². The number of ether oxygens (including phenoxy) is 1. The minimum atomic E-state index is -0.313. The predicted molar refractivity (Wildman–Crippen MR) is 86.6 cm³/mol. The van der Waals surface area contributed by atoms with Gasteiger partial charge in [0.05, 0.1) is 0 Å². The molecule has 2 aliphatic rings. The molecule has 1 heteroatoms. The van der Waals surface area contributed by atoms with Crippen molar-refractivity contribution in [3.05, 3.63) is 107 Å². The summed E-state index contributed by atoms with van der Waals surface area (Å²) in [4.78, 5) is 0. The van der Waals surface area contributed by atoms with Crippen molar-refractivity contribution < 1.29 is 4.74 Å². The third-order valence-electron chi connectivity index (χ3n) is 5.11. The van der Waals surface area contributed by atoms with E-state index in [-0.39, 0.29) is 11.2 Å². The van der Waals surface area contributed by atoms with Crippen LogP contribution in [0.1, 0.15) is 22.3 Å². The van der Waals surface area contributed by atoms with Crippen molar-refractivity contribution >= 4 is 0 Å². The minimum absolute atomic E-state index is 0.237. The van der Waals surface area contributed by atoms with Crippen molar-refractivity contribution in [1.29, 1.82) is 0 Å². The third kappa shape index (κ3) is 1.32. The van der Waals surface area contributed by atoms with Gasteiger partial charge in [-0.05, 0) is 22.3 Å². The molecule has 0 radical (unpaired) electrons. The van der Waals surface area contributed by atoms with Gasteiger partial charge in [0.15, 0.2) is 5.60 Å². The average molecular weight is 284 g/mol. The first-order chi connectivity index (χ1) is 10.9. The highest BCUT2D eigenvalue weighted by atomic mass is 16.6. The van der Waals surface area contributed by atoms with Gasteiger partial charge in [-0.3, -0.25) is 0 Å². The topological polar surface area (TPSA) is 12.5 Å². The molecule has 5 rings (SSSR count). The Morgan fingerprint density at radius 3 is 1.95 bits per heavy atom. The normalized spacial score (nSPS) is 28.0. The molecular formula is C21H16O. The quantitative estimate of drug-likeness (QED) is 0.635. The maximum atomic E-state index is 6.53. The summed E-state index contributed by atoms with van der Waals surface area (Å²) in [6.07, 6.45) is 0.947. The first-order valence-electron chi connectivity index (χ1n) is 7.76. The Bertz CT molecular complexity index is 840. The maximum Gasteiger partial charge on any atom is 0.153 e. The van der Waals surface area contributed by atoms with Crippen LogP contribution in [0.2, 0.25) is 0 Å². The number of hydrogen-bond donors (Lipinski definition) is 0. The maximum absolute atomic E-state index is 6.53. The summed E-state index contributed by atoms with van der Waals surface area (Å²) in [6, 6.07) is 30.0. The standard InChI is InChI=1S/C21H16O/c1-3-10-17(11-4-1)20-15-16-9-7-8-14-19(16)21(20,22-20)18-12-5-2-6-13-18/h1-14H,15H2. The van der Waals surface area contributed by atoms with Gasteiger partial charge in [0, 0.05) is 6.42 Å². The Morgan fingerprint density at radius 2 is 1.23 bits per heavy atom. The van der Waals surface area contributed by atoms with E-state index in [1.165, 1.54) is 22.3 Å². The lowest BCUT2D eigenvalue weighted by molar-refractivity contribution is 0.265. The summed E-state index contributed by atoms with van der Waals surface area (Å²) in [5.74, 6) is 0. The second kappa shape index (κ2) is 4.08. The first kappa shape index (κ1) is 12.2. The molecule has 0 spiro atoms. The van der Waals surface area contributed by atoms with Crippen LogP contribution in [0.5, 0.6) is 0 Å². The Kier molecular flexibility index (Phi) is 2.26. The summed E-state index contributed by atoms with van der Waals surface area (Å²) < 4.78 is 6.53. The van der Waals surface area contributed by atoms with Crippen LogP contribution < -0.4 is 0 Å². The Hall–Kier alpha value is -2.38. The predicted octanol–water partition coefficient (Wildman–Crippen LogP) is 4.41. The van der Waals surface area contributed by atoms with E-state index in [4.69, 9.17) is 4.74 Å². The number of hydrogen-bond acceptors (Lipinski definition) is 1.